The summed E-state index contributed by atoms with van der Waals surface area (Å²) in [6.45, 7) is 3.94. The smallest absolute Gasteiger partial charge is 0.0779 e. The molecular weight excluding hydrogens is 238 g/mol. The summed E-state index contributed by atoms with van der Waals surface area (Å²) >= 11 is 0. The Bertz CT molecular complexity index is 444. The van der Waals surface area contributed by atoms with E-state index in [2.05, 4.69) is 30.0 Å². The van der Waals surface area contributed by atoms with E-state index in [9.17, 15) is 5.11 Å². The highest BCUT2D eigenvalue weighted by Crippen LogP contribution is 2.33. The number of nitrogens with zero attached hydrogens (tertiary/aromatic N) is 1. The first kappa shape index (κ1) is 12.9. The van der Waals surface area contributed by atoms with Crippen LogP contribution in [0.25, 0.3) is 0 Å². The number of benzene rings is 1. The van der Waals surface area contributed by atoms with E-state index in [-0.39, 0.29) is 6.61 Å². The molecule has 1 saturated heterocycles. The van der Waals surface area contributed by atoms with E-state index in [4.69, 9.17) is 4.74 Å². The minimum Gasteiger partial charge on any atom is -0.392 e. The van der Waals surface area contributed by atoms with Gasteiger partial charge >= 0.3 is 0 Å². The Labute approximate surface area is 115 Å². The van der Waals surface area contributed by atoms with Crippen LogP contribution in [0.1, 0.15) is 36.8 Å². The molecule has 3 heteroatoms. The highest BCUT2D eigenvalue weighted by molar-refractivity contribution is 5.56. The standard InChI is InChI=1S/C16H23NO2/c1-12-6-7-14(13(10-12)11-18)17-8-9-19-16-5-3-2-4-15(16)17/h6-7,10,15-16,18H,2-5,8-9,11H2,1H3. The molecule has 1 N–H and O–H groups in total. The summed E-state index contributed by atoms with van der Waals surface area (Å²) < 4.78 is 5.93. The molecule has 104 valence electrons. The van der Waals surface area contributed by atoms with Gasteiger partial charge in [-0.2, -0.15) is 0 Å². The maximum Gasteiger partial charge on any atom is 0.0779 e. The van der Waals surface area contributed by atoms with Crippen molar-refractivity contribution < 1.29 is 9.84 Å². The van der Waals surface area contributed by atoms with Crippen molar-refractivity contribution in [2.45, 2.75) is 51.4 Å². The van der Waals surface area contributed by atoms with Crippen molar-refractivity contribution in [3.8, 4) is 0 Å². The molecule has 1 aromatic carbocycles. The summed E-state index contributed by atoms with van der Waals surface area (Å²) in [5, 5.41) is 9.61. The number of aryl methyl sites for hydroxylation is 1. The summed E-state index contributed by atoms with van der Waals surface area (Å²) in [6.07, 6.45) is 5.36. The lowest BCUT2D eigenvalue weighted by Gasteiger charge is -2.45. The molecular formula is C16H23NO2. The van der Waals surface area contributed by atoms with Crippen LogP contribution in [-0.4, -0.2) is 30.4 Å². The van der Waals surface area contributed by atoms with Gasteiger partial charge in [-0.3, -0.25) is 0 Å². The van der Waals surface area contributed by atoms with Crippen LogP contribution in [0.3, 0.4) is 0 Å². The molecule has 1 heterocycles. The van der Waals surface area contributed by atoms with Gasteiger partial charge < -0.3 is 14.7 Å². The van der Waals surface area contributed by atoms with Gasteiger partial charge in [0.15, 0.2) is 0 Å². The number of aliphatic hydroxyl groups excluding tert-OH is 1. The van der Waals surface area contributed by atoms with Crippen LogP contribution in [0, 0.1) is 6.92 Å². The molecule has 2 fully saturated rings. The van der Waals surface area contributed by atoms with Gasteiger partial charge in [0.05, 0.1) is 25.4 Å². The fraction of sp³-hybridized carbons (Fsp3) is 0.625. The molecule has 3 nitrogen and oxygen atoms in total. The summed E-state index contributed by atoms with van der Waals surface area (Å²) in [5.74, 6) is 0. The number of aliphatic hydroxyl groups is 1. The van der Waals surface area contributed by atoms with Gasteiger partial charge in [-0.1, -0.05) is 30.5 Å². The van der Waals surface area contributed by atoms with Crippen molar-refractivity contribution in [1.29, 1.82) is 0 Å². The Morgan fingerprint density at radius 2 is 2.16 bits per heavy atom. The van der Waals surface area contributed by atoms with Crippen molar-refractivity contribution in [3.05, 3.63) is 29.3 Å². The van der Waals surface area contributed by atoms with Gasteiger partial charge in [0.2, 0.25) is 0 Å². The molecule has 19 heavy (non-hydrogen) atoms. The average Bonchev–Trinajstić information content (AvgIpc) is 2.46. The van der Waals surface area contributed by atoms with Crippen molar-refractivity contribution in [1.82, 2.24) is 0 Å². The second-order valence-corrected chi connectivity index (χ2v) is 5.74. The van der Waals surface area contributed by atoms with E-state index in [0.717, 1.165) is 18.7 Å². The maximum absolute atomic E-state index is 9.61. The third kappa shape index (κ3) is 2.49. The molecule has 0 radical (unpaired) electrons. The molecule has 1 aliphatic heterocycles. The second-order valence-electron chi connectivity index (χ2n) is 5.74. The van der Waals surface area contributed by atoms with Crippen LogP contribution in [0.5, 0.6) is 0 Å². The lowest BCUT2D eigenvalue weighted by atomic mass is 9.89. The SMILES string of the molecule is Cc1ccc(N2CCOC3CCCCC32)c(CO)c1. The van der Waals surface area contributed by atoms with E-state index in [1.165, 1.54) is 36.9 Å². The number of anilines is 1. The van der Waals surface area contributed by atoms with Crippen molar-refractivity contribution >= 4 is 5.69 Å². The van der Waals surface area contributed by atoms with Gasteiger partial charge in [0.1, 0.15) is 0 Å². The van der Waals surface area contributed by atoms with Crippen molar-refractivity contribution in [2.24, 2.45) is 0 Å². The molecule has 2 atom stereocenters. The predicted molar refractivity (Wildman–Crippen MR) is 76.4 cm³/mol. The Morgan fingerprint density at radius 1 is 1.32 bits per heavy atom. The Hall–Kier alpha value is -1.06. The summed E-state index contributed by atoms with van der Waals surface area (Å²) in [7, 11) is 0. The first-order valence-corrected chi connectivity index (χ1v) is 7.38. The van der Waals surface area contributed by atoms with Crippen LogP contribution < -0.4 is 4.90 Å². The average molecular weight is 261 g/mol. The molecule has 0 amide bonds. The maximum atomic E-state index is 9.61. The van der Waals surface area contributed by atoms with E-state index >= 15 is 0 Å². The fourth-order valence-electron chi connectivity index (χ4n) is 3.52. The molecule has 1 aliphatic carbocycles. The van der Waals surface area contributed by atoms with Gasteiger partial charge in [-0.25, -0.2) is 0 Å². The molecule has 2 aliphatic rings. The molecule has 0 bridgehead atoms. The van der Waals surface area contributed by atoms with Gasteiger partial charge in [-0.05, 0) is 25.8 Å². The van der Waals surface area contributed by atoms with Crippen LogP contribution in [0.2, 0.25) is 0 Å². The number of hydrogen-bond donors (Lipinski definition) is 1. The number of hydrogen-bond acceptors (Lipinski definition) is 3. The lowest BCUT2D eigenvalue weighted by molar-refractivity contribution is -0.00880. The van der Waals surface area contributed by atoms with Crippen LogP contribution in [0.15, 0.2) is 18.2 Å². The van der Waals surface area contributed by atoms with Gasteiger partial charge in [0, 0.05) is 17.8 Å². The van der Waals surface area contributed by atoms with Crippen LogP contribution in [0.4, 0.5) is 5.69 Å². The zero-order valence-electron chi connectivity index (χ0n) is 11.6. The third-order valence-electron chi connectivity index (χ3n) is 4.45. The van der Waals surface area contributed by atoms with E-state index in [0.29, 0.717) is 12.1 Å². The predicted octanol–water partition coefficient (Wildman–Crippen LogP) is 2.64. The Morgan fingerprint density at radius 3 is 3.00 bits per heavy atom. The Kier molecular flexibility index (Phi) is 3.76. The van der Waals surface area contributed by atoms with E-state index in [1.54, 1.807) is 0 Å². The first-order valence-electron chi connectivity index (χ1n) is 7.38. The largest absolute Gasteiger partial charge is 0.392 e. The minimum atomic E-state index is 0.117. The monoisotopic (exact) mass is 261 g/mol. The first-order chi connectivity index (χ1) is 9.29. The second kappa shape index (κ2) is 5.51. The number of fused-ring (bicyclic) bond motifs is 1. The lowest BCUT2D eigenvalue weighted by Crippen LogP contribution is -2.53. The van der Waals surface area contributed by atoms with E-state index in [1.807, 2.05) is 0 Å². The third-order valence-corrected chi connectivity index (χ3v) is 4.45. The zero-order chi connectivity index (χ0) is 13.2. The minimum absolute atomic E-state index is 0.117. The molecule has 0 spiro atoms. The normalized spacial score (nSPS) is 27.2. The van der Waals surface area contributed by atoms with Gasteiger partial charge in [0.25, 0.3) is 0 Å². The van der Waals surface area contributed by atoms with Crippen LogP contribution in [-0.2, 0) is 11.3 Å². The number of morpholine rings is 1. The molecule has 3 rings (SSSR count). The van der Waals surface area contributed by atoms with Crippen LogP contribution >= 0.6 is 0 Å². The highest BCUT2D eigenvalue weighted by Gasteiger charge is 2.34. The number of rotatable bonds is 2. The zero-order valence-corrected chi connectivity index (χ0v) is 11.6. The van der Waals surface area contributed by atoms with E-state index < -0.39 is 0 Å². The number of ether oxygens (including phenoxy) is 1. The summed E-state index contributed by atoms with van der Waals surface area (Å²) in [5.41, 5.74) is 3.46. The van der Waals surface area contributed by atoms with Gasteiger partial charge in [-0.15, -0.1) is 0 Å². The molecule has 1 saturated carbocycles. The van der Waals surface area contributed by atoms with Crippen molar-refractivity contribution in [3.63, 3.8) is 0 Å². The molecule has 1 aromatic rings. The molecule has 0 aromatic heterocycles. The Balaban J connectivity index is 1.91. The quantitative estimate of drug-likeness (QED) is 0.888. The summed E-state index contributed by atoms with van der Waals surface area (Å²) in [6, 6.07) is 6.90. The topological polar surface area (TPSA) is 32.7 Å². The molecule has 2 unspecified atom stereocenters. The highest BCUT2D eigenvalue weighted by atomic mass is 16.5. The summed E-state index contributed by atoms with van der Waals surface area (Å²) in [4.78, 5) is 2.47. The fourth-order valence-corrected chi connectivity index (χ4v) is 3.52. The van der Waals surface area contributed by atoms with Crippen molar-refractivity contribution in [2.75, 3.05) is 18.1 Å².